The van der Waals surface area contributed by atoms with Gasteiger partial charge in [0.25, 0.3) is 5.91 Å². The molecule has 0 bridgehead atoms. The third-order valence-corrected chi connectivity index (χ3v) is 4.57. The molecule has 1 aliphatic rings. The van der Waals surface area contributed by atoms with Crippen LogP contribution in [0.5, 0.6) is 11.5 Å². The third kappa shape index (κ3) is 4.31. The van der Waals surface area contributed by atoms with Crippen LogP contribution in [-0.2, 0) is 11.2 Å². The highest BCUT2D eigenvalue weighted by atomic mass is 16.5. The van der Waals surface area contributed by atoms with E-state index in [9.17, 15) is 9.59 Å². The molecule has 0 unspecified atom stereocenters. The average molecular weight is 381 g/mol. The molecule has 2 amide bonds. The van der Waals surface area contributed by atoms with Gasteiger partial charge in [0.2, 0.25) is 11.9 Å². The second-order valence-electron chi connectivity index (χ2n) is 6.36. The zero-order valence-corrected chi connectivity index (χ0v) is 16.1. The number of amides is 2. The van der Waals surface area contributed by atoms with E-state index < -0.39 is 6.04 Å². The van der Waals surface area contributed by atoms with Gasteiger partial charge in [-0.1, -0.05) is 19.1 Å². The minimum absolute atomic E-state index is 0.121. The van der Waals surface area contributed by atoms with Crippen LogP contribution in [0.3, 0.4) is 0 Å². The summed E-state index contributed by atoms with van der Waals surface area (Å²) < 4.78 is 10.7. The molecule has 0 fully saturated rings. The average Bonchev–Trinajstić information content (AvgIpc) is 2.72. The zero-order chi connectivity index (χ0) is 20.1. The Bertz CT molecular complexity index is 906. The molecule has 28 heavy (non-hydrogen) atoms. The van der Waals surface area contributed by atoms with Crippen molar-refractivity contribution in [1.29, 1.82) is 0 Å². The first-order valence-electron chi connectivity index (χ1n) is 9.04. The number of aliphatic imine (C=N–C) groups is 1. The first-order valence-corrected chi connectivity index (χ1v) is 9.04. The molecule has 3 rings (SSSR count). The fourth-order valence-corrected chi connectivity index (χ4v) is 3.01. The Kier molecular flexibility index (Phi) is 5.93. The number of nitrogens with one attached hydrogen (secondary N) is 2. The lowest BCUT2D eigenvalue weighted by Gasteiger charge is -2.23. The molecule has 7 nitrogen and oxygen atoms in total. The van der Waals surface area contributed by atoms with Gasteiger partial charge in [0.05, 0.1) is 26.7 Å². The van der Waals surface area contributed by atoms with Crippen molar-refractivity contribution in [3.8, 4) is 11.5 Å². The number of hydrogen-bond acceptors (Lipinski definition) is 5. The third-order valence-electron chi connectivity index (χ3n) is 4.57. The van der Waals surface area contributed by atoms with Crippen molar-refractivity contribution in [1.82, 2.24) is 10.6 Å². The van der Waals surface area contributed by atoms with Crippen LogP contribution in [0.4, 0.5) is 0 Å². The monoisotopic (exact) mass is 381 g/mol. The molecule has 0 aliphatic carbocycles. The lowest BCUT2D eigenvalue weighted by Crippen LogP contribution is -2.47. The van der Waals surface area contributed by atoms with Crippen LogP contribution in [0, 0.1) is 0 Å². The van der Waals surface area contributed by atoms with Crippen LogP contribution < -0.4 is 20.1 Å². The van der Waals surface area contributed by atoms with Crippen LogP contribution >= 0.6 is 0 Å². The van der Waals surface area contributed by atoms with Gasteiger partial charge in [-0.05, 0) is 42.3 Å². The summed E-state index contributed by atoms with van der Waals surface area (Å²) in [5.74, 6) is 0.792. The molecule has 1 atom stereocenters. The summed E-state index contributed by atoms with van der Waals surface area (Å²) >= 11 is 0. The predicted octanol–water partition coefficient (Wildman–Crippen LogP) is 2.61. The molecule has 0 radical (unpaired) electrons. The van der Waals surface area contributed by atoms with Crippen molar-refractivity contribution >= 4 is 17.8 Å². The summed E-state index contributed by atoms with van der Waals surface area (Å²) in [6.45, 7) is 2.05. The van der Waals surface area contributed by atoms with Gasteiger partial charge >= 0.3 is 0 Å². The van der Waals surface area contributed by atoms with Crippen molar-refractivity contribution in [2.45, 2.75) is 25.8 Å². The Morgan fingerprint density at radius 1 is 1.18 bits per heavy atom. The van der Waals surface area contributed by atoms with Crippen LogP contribution in [0.25, 0.3) is 0 Å². The normalized spacial score (nSPS) is 16.0. The standard InChI is InChI=1S/C21H23N3O4/c1-4-13-5-7-14(8-6-13)20(26)24-21-22-17(12-19(25)23-21)16-11-15(27-2)9-10-18(16)28-3/h5-11,17H,4,12H2,1-3H3,(H2,22,23,24,25,26)/t17-/m1/s1. The lowest BCUT2D eigenvalue weighted by molar-refractivity contribution is -0.120. The van der Waals surface area contributed by atoms with E-state index in [4.69, 9.17) is 9.47 Å². The number of nitrogens with zero attached hydrogens (tertiary/aromatic N) is 1. The quantitative estimate of drug-likeness (QED) is 0.833. The number of hydrogen-bond donors (Lipinski definition) is 2. The summed E-state index contributed by atoms with van der Waals surface area (Å²) in [5, 5.41) is 5.29. The minimum Gasteiger partial charge on any atom is -0.497 e. The van der Waals surface area contributed by atoms with E-state index in [1.807, 2.05) is 19.1 Å². The number of methoxy groups -OCH3 is 2. The van der Waals surface area contributed by atoms with Gasteiger partial charge in [0, 0.05) is 11.1 Å². The van der Waals surface area contributed by atoms with Crippen molar-refractivity contribution in [3.05, 3.63) is 59.2 Å². The highest BCUT2D eigenvalue weighted by Crippen LogP contribution is 2.34. The number of aryl methyl sites for hydroxylation is 1. The van der Waals surface area contributed by atoms with Crippen molar-refractivity contribution < 1.29 is 19.1 Å². The Balaban J connectivity index is 1.84. The molecule has 2 aromatic rings. The van der Waals surface area contributed by atoms with Gasteiger partial charge in [0.15, 0.2) is 0 Å². The molecule has 2 aromatic carbocycles. The molecule has 0 saturated heterocycles. The number of carbonyl (C=O) groups excluding carboxylic acids is 2. The molecular weight excluding hydrogens is 358 g/mol. The molecule has 0 aromatic heterocycles. The molecule has 2 N–H and O–H groups in total. The Labute approximate surface area is 163 Å². The molecular formula is C21H23N3O4. The fourth-order valence-electron chi connectivity index (χ4n) is 3.01. The molecule has 146 valence electrons. The second-order valence-corrected chi connectivity index (χ2v) is 6.36. The van der Waals surface area contributed by atoms with Gasteiger partial charge in [-0.25, -0.2) is 4.99 Å². The van der Waals surface area contributed by atoms with E-state index in [1.165, 1.54) is 0 Å². The van der Waals surface area contributed by atoms with Crippen molar-refractivity contribution in [2.24, 2.45) is 4.99 Å². The number of rotatable bonds is 5. The van der Waals surface area contributed by atoms with Crippen LogP contribution in [-0.4, -0.2) is 32.0 Å². The highest BCUT2D eigenvalue weighted by Gasteiger charge is 2.26. The van der Waals surface area contributed by atoms with Crippen LogP contribution in [0.15, 0.2) is 47.5 Å². The maximum Gasteiger partial charge on any atom is 0.257 e. The molecule has 0 saturated carbocycles. The number of guanidine groups is 1. The van der Waals surface area contributed by atoms with Gasteiger partial charge in [-0.15, -0.1) is 0 Å². The lowest BCUT2D eigenvalue weighted by atomic mass is 10.0. The topological polar surface area (TPSA) is 89.0 Å². The number of carbonyl (C=O) groups is 2. The number of ether oxygens (including phenoxy) is 2. The Morgan fingerprint density at radius 2 is 1.93 bits per heavy atom. The first-order chi connectivity index (χ1) is 13.5. The molecule has 0 spiro atoms. The Hall–Kier alpha value is -3.35. The van der Waals surface area contributed by atoms with Gasteiger partial charge < -0.3 is 9.47 Å². The van der Waals surface area contributed by atoms with Gasteiger partial charge in [-0.3, -0.25) is 20.2 Å². The van der Waals surface area contributed by atoms with E-state index in [0.29, 0.717) is 17.1 Å². The van der Waals surface area contributed by atoms with Crippen molar-refractivity contribution in [2.75, 3.05) is 14.2 Å². The summed E-state index contributed by atoms with van der Waals surface area (Å²) in [4.78, 5) is 29.2. The minimum atomic E-state index is -0.489. The predicted molar refractivity (Wildman–Crippen MR) is 106 cm³/mol. The first kappa shape index (κ1) is 19.4. The maximum atomic E-state index is 12.5. The molecule has 7 heteroatoms. The van der Waals surface area contributed by atoms with E-state index >= 15 is 0 Å². The molecule has 1 aliphatic heterocycles. The zero-order valence-electron chi connectivity index (χ0n) is 16.1. The van der Waals surface area contributed by atoms with Gasteiger partial charge in [0.1, 0.15) is 11.5 Å². The van der Waals surface area contributed by atoms with E-state index in [1.54, 1.807) is 44.6 Å². The maximum absolute atomic E-state index is 12.5. The van der Waals surface area contributed by atoms with E-state index in [2.05, 4.69) is 15.6 Å². The largest absolute Gasteiger partial charge is 0.497 e. The second kappa shape index (κ2) is 8.56. The summed E-state index contributed by atoms with van der Waals surface area (Å²) in [6, 6.07) is 12.1. The highest BCUT2D eigenvalue weighted by molar-refractivity contribution is 6.10. The van der Waals surface area contributed by atoms with E-state index in [-0.39, 0.29) is 24.2 Å². The fraction of sp³-hybridized carbons (Fsp3) is 0.286. The summed E-state index contributed by atoms with van der Waals surface area (Å²) in [5.41, 5.74) is 2.36. The van der Waals surface area contributed by atoms with Gasteiger partial charge in [-0.2, -0.15) is 0 Å². The molecule has 1 heterocycles. The summed E-state index contributed by atoms with van der Waals surface area (Å²) in [6.07, 6.45) is 1.04. The van der Waals surface area contributed by atoms with E-state index in [0.717, 1.165) is 17.5 Å². The summed E-state index contributed by atoms with van der Waals surface area (Å²) in [7, 11) is 3.12. The van der Waals surface area contributed by atoms with Crippen molar-refractivity contribution in [3.63, 3.8) is 0 Å². The Morgan fingerprint density at radius 3 is 2.57 bits per heavy atom. The smallest absolute Gasteiger partial charge is 0.257 e. The van der Waals surface area contributed by atoms with Crippen LogP contribution in [0.2, 0.25) is 0 Å². The van der Waals surface area contributed by atoms with Crippen LogP contribution in [0.1, 0.15) is 40.9 Å². The number of benzene rings is 2. The SMILES string of the molecule is CCc1ccc(C(=O)NC2=N[C@@H](c3cc(OC)ccc3OC)CC(=O)N2)cc1.